The SMILES string of the molecule is O=c1ccn(OCc2ccccc2[N+](=O)[O-])cc1. The molecule has 0 aliphatic rings. The predicted molar refractivity (Wildman–Crippen MR) is 64.1 cm³/mol. The van der Waals surface area contributed by atoms with Crippen LogP contribution in [0.4, 0.5) is 5.69 Å². The van der Waals surface area contributed by atoms with Gasteiger partial charge in [-0.1, -0.05) is 12.1 Å². The van der Waals surface area contributed by atoms with Gasteiger partial charge >= 0.3 is 0 Å². The number of benzene rings is 1. The number of para-hydroxylation sites is 1. The lowest BCUT2D eigenvalue weighted by molar-refractivity contribution is -0.385. The van der Waals surface area contributed by atoms with Gasteiger partial charge in [0.2, 0.25) is 0 Å². The minimum absolute atomic E-state index is 0.0125. The van der Waals surface area contributed by atoms with Crippen molar-refractivity contribution in [2.24, 2.45) is 0 Å². The van der Waals surface area contributed by atoms with Crippen molar-refractivity contribution in [1.82, 2.24) is 4.73 Å². The van der Waals surface area contributed by atoms with Gasteiger partial charge in [-0.25, -0.2) is 0 Å². The van der Waals surface area contributed by atoms with E-state index < -0.39 is 4.92 Å². The van der Waals surface area contributed by atoms with Gasteiger partial charge in [-0.05, 0) is 6.07 Å². The summed E-state index contributed by atoms with van der Waals surface area (Å²) in [5, 5.41) is 10.8. The third-order valence-corrected chi connectivity index (χ3v) is 2.33. The highest BCUT2D eigenvalue weighted by Gasteiger charge is 2.12. The first kappa shape index (κ1) is 11.8. The van der Waals surface area contributed by atoms with Crippen LogP contribution in [0, 0.1) is 10.1 Å². The molecule has 0 fully saturated rings. The molecule has 2 rings (SSSR count). The summed E-state index contributed by atoms with van der Waals surface area (Å²) in [6, 6.07) is 9.04. The first-order chi connectivity index (χ1) is 8.66. The highest BCUT2D eigenvalue weighted by Crippen LogP contribution is 2.17. The van der Waals surface area contributed by atoms with Crippen LogP contribution in [-0.2, 0) is 6.61 Å². The van der Waals surface area contributed by atoms with Gasteiger partial charge in [0, 0.05) is 30.6 Å². The highest BCUT2D eigenvalue weighted by atomic mass is 16.7. The number of pyridine rings is 1. The van der Waals surface area contributed by atoms with Gasteiger partial charge in [0.25, 0.3) is 5.69 Å². The van der Waals surface area contributed by atoms with E-state index in [0.717, 1.165) is 0 Å². The first-order valence-corrected chi connectivity index (χ1v) is 5.21. The van der Waals surface area contributed by atoms with Gasteiger partial charge in [-0.3, -0.25) is 14.9 Å². The van der Waals surface area contributed by atoms with E-state index in [-0.39, 0.29) is 17.7 Å². The lowest BCUT2D eigenvalue weighted by Gasteiger charge is -2.08. The molecule has 6 heteroatoms. The molecule has 2 aromatic rings. The van der Waals surface area contributed by atoms with Crippen LogP contribution in [-0.4, -0.2) is 9.65 Å². The number of rotatable bonds is 4. The van der Waals surface area contributed by atoms with Crippen molar-refractivity contribution in [3.8, 4) is 0 Å². The van der Waals surface area contributed by atoms with Crippen LogP contribution in [0.5, 0.6) is 0 Å². The summed E-state index contributed by atoms with van der Waals surface area (Å²) >= 11 is 0. The molecule has 0 saturated heterocycles. The van der Waals surface area contributed by atoms with E-state index in [4.69, 9.17) is 4.84 Å². The Morgan fingerprint density at radius 3 is 2.50 bits per heavy atom. The summed E-state index contributed by atoms with van der Waals surface area (Å²) in [5.41, 5.74) is 0.361. The molecule has 92 valence electrons. The average molecular weight is 246 g/mol. The van der Waals surface area contributed by atoms with Gasteiger partial charge in [-0.2, -0.15) is 4.73 Å². The molecule has 0 saturated carbocycles. The molecule has 0 N–H and O–H groups in total. The van der Waals surface area contributed by atoms with Crippen molar-refractivity contribution in [3.63, 3.8) is 0 Å². The minimum Gasteiger partial charge on any atom is -0.409 e. The lowest BCUT2D eigenvalue weighted by Crippen LogP contribution is -2.13. The third-order valence-electron chi connectivity index (χ3n) is 2.33. The minimum atomic E-state index is -0.454. The Balaban J connectivity index is 2.13. The van der Waals surface area contributed by atoms with Crippen LogP contribution >= 0.6 is 0 Å². The highest BCUT2D eigenvalue weighted by molar-refractivity contribution is 5.39. The topological polar surface area (TPSA) is 74.4 Å². The molecule has 18 heavy (non-hydrogen) atoms. The Kier molecular flexibility index (Phi) is 3.38. The molecule has 0 unspecified atom stereocenters. The molecule has 0 spiro atoms. The van der Waals surface area contributed by atoms with Gasteiger partial charge in [0.15, 0.2) is 5.43 Å². The summed E-state index contributed by atoms with van der Waals surface area (Å²) in [4.78, 5) is 26.5. The molecular formula is C12H10N2O4. The summed E-state index contributed by atoms with van der Waals surface area (Å²) in [6.45, 7) is 0.0556. The average Bonchev–Trinajstić information content (AvgIpc) is 2.38. The second-order valence-corrected chi connectivity index (χ2v) is 3.55. The van der Waals surface area contributed by atoms with Crippen molar-refractivity contribution >= 4 is 5.69 Å². The van der Waals surface area contributed by atoms with Gasteiger partial charge in [-0.15, -0.1) is 0 Å². The Morgan fingerprint density at radius 1 is 1.17 bits per heavy atom. The maximum Gasteiger partial charge on any atom is 0.276 e. The number of aromatic nitrogens is 1. The second kappa shape index (κ2) is 5.13. The molecule has 0 bridgehead atoms. The molecule has 1 heterocycles. The molecule has 0 amide bonds. The molecule has 1 aromatic heterocycles. The van der Waals surface area contributed by atoms with E-state index in [2.05, 4.69) is 0 Å². The second-order valence-electron chi connectivity index (χ2n) is 3.55. The Labute approximate surface area is 102 Å². The van der Waals surface area contributed by atoms with E-state index in [1.165, 1.54) is 35.3 Å². The number of hydrogen-bond donors (Lipinski definition) is 0. The van der Waals surface area contributed by atoms with E-state index >= 15 is 0 Å². The van der Waals surface area contributed by atoms with Crippen LogP contribution in [0.2, 0.25) is 0 Å². The standard InChI is InChI=1S/C12H10N2O4/c15-11-5-7-13(8-6-11)18-9-10-3-1-2-4-12(10)14(16)17/h1-8H,9H2. The van der Waals surface area contributed by atoms with E-state index in [1.54, 1.807) is 18.2 Å². The van der Waals surface area contributed by atoms with Crippen LogP contribution in [0.3, 0.4) is 0 Å². The van der Waals surface area contributed by atoms with Crippen LogP contribution in [0.1, 0.15) is 5.56 Å². The number of nitro benzene ring substituents is 1. The monoisotopic (exact) mass is 246 g/mol. The molecule has 1 aromatic carbocycles. The van der Waals surface area contributed by atoms with E-state index in [0.29, 0.717) is 5.56 Å². The molecular weight excluding hydrogens is 236 g/mol. The third kappa shape index (κ3) is 2.73. The van der Waals surface area contributed by atoms with Crippen molar-refractivity contribution in [2.45, 2.75) is 6.61 Å². The molecule has 0 aliphatic heterocycles. The normalized spacial score (nSPS) is 10.0. The molecule has 6 nitrogen and oxygen atoms in total. The Morgan fingerprint density at radius 2 is 1.83 bits per heavy atom. The smallest absolute Gasteiger partial charge is 0.276 e. The van der Waals surface area contributed by atoms with Crippen LogP contribution in [0.25, 0.3) is 0 Å². The van der Waals surface area contributed by atoms with Crippen LogP contribution in [0.15, 0.2) is 53.6 Å². The predicted octanol–water partition coefficient (Wildman–Crippen LogP) is 1.39. The number of nitro groups is 1. The van der Waals surface area contributed by atoms with Crippen molar-refractivity contribution in [1.29, 1.82) is 0 Å². The fourth-order valence-electron chi connectivity index (χ4n) is 1.44. The zero-order valence-electron chi connectivity index (χ0n) is 9.35. The maximum atomic E-state index is 10.9. The van der Waals surface area contributed by atoms with Crippen LogP contribution < -0.4 is 10.3 Å². The van der Waals surface area contributed by atoms with Gasteiger partial charge in [0.1, 0.15) is 6.61 Å². The lowest BCUT2D eigenvalue weighted by atomic mass is 10.2. The quantitative estimate of drug-likeness (QED) is 0.603. The fraction of sp³-hybridized carbons (Fsp3) is 0.0833. The molecule has 0 aliphatic carbocycles. The fourth-order valence-corrected chi connectivity index (χ4v) is 1.44. The van der Waals surface area contributed by atoms with Crippen molar-refractivity contribution < 1.29 is 9.76 Å². The summed E-state index contributed by atoms with van der Waals surface area (Å²) in [6.07, 6.45) is 2.91. The van der Waals surface area contributed by atoms with E-state index in [1.807, 2.05) is 0 Å². The maximum absolute atomic E-state index is 10.9. The summed E-state index contributed by atoms with van der Waals surface area (Å²) in [5.74, 6) is 0. The summed E-state index contributed by atoms with van der Waals surface area (Å²) in [7, 11) is 0. The largest absolute Gasteiger partial charge is 0.409 e. The molecule has 0 radical (unpaired) electrons. The van der Waals surface area contributed by atoms with Gasteiger partial charge < -0.3 is 4.84 Å². The first-order valence-electron chi connectivity index (χ1n) is 5.21. The Hall–Kier alpha value is -2.63. The van der Waals surface area contributed by atoms with Gasteiger partial charge in [0.05, 0.1) is 10.5 Å². The molecule has 0 atom stereocenters. The van der Waals surface area contributed by atoms with E-state index in [9.17, 15) is 14.9 Å². The number of hydrogen-bond acceptors (Lipinski definition) is 4. The zero-order chi connectivity index (χ0) is 13.0. The number of nitrogens with zero attached hydrogens (tertiary/aromatic N) is 2. The van der Waals surface area contributed by atoms with Crippen molar-refractivity contribution in [3.05, 3.63) is 74.7 Å². The van der Waals surface area contributed by atoms with Crippen molar-refractivity contribution in [2.75, 3.05) is 0 Å². The zero-order valence-corrected chi connectivity index (χ0v) is 9.35. The Bertz CT molecular complexity index is 601. The summed E-state index contributed by atoms with van der Waals surface area (Å²) < 4.78 is 1.33.